The molecule has 3 heterocycles. The number of ether oxygens (including phenoxy) is 1. The highest BCUT2D eigenvalue weighted by Crippen LogP contribution is 2.34. The van der Waals surface area contributed by atoms with Gasteiger partial charge in [0.25, 0.3) is 0 Å². The van der Waals surface area contributed by atoms with Gasteiger partial charge < -0.3 is 20.3 Å². The molecule has 2 aromatic heterocycles. The zero-order chi connectivity index (χ0) is 22.1. The van der Waals surface area contributed by atoms with Crippen LogP contribution in [0.5, 0.6) is 5.75 Å². The van der Waals surface area contributed by atoms with Crippen LogP contribution in [-0.2, 0) is 4.79 Å². The second-order valence-corrected chi connectivity index (χ2v) is 8.79. The second-order valence-electron chi connectivity index (χ2n) is 8.79. The van der Waals surface area contributed by atoms with E-state index in [0.717, 1.165) is 72.2 Å². The number of piperidine rings is 1. The van der Waals surface area contributed by atoms with Gasteiger partial charge in [-0.05, 0) is 61.9 Å². The van der Waals surface area contributed by atoms with Crippen molar-refractivity contribution in [3.63, 3.8) is 0 Å². The van der Waals surface area contributed by atoms with Gasteiger partial charge in [0.15, 0.2) is 0 Å². The van der Waals surface area contributed by atoms with Crippen molar-refractivity contribution in [1.82, 2.24) is 14.9 Å². The molecule has 1 amide bonds. The summed E-state index contributed by atoms with van der Waals surface area (Å²) in [6.45, 7) is 2.15. The van der Waals surface area contributed by atoms with Crippen molar-refractivity contribution in [3.8, 4) is 16.9 Å². The normalized spacial score (nSPS) is 17.3. The molecular formula is C25H29N5O2. The lowest BCUT2D eigenvalue weighted by Crippen LogP contribution is -2.35. The molecule has 0 atom stereocenters. The highest BCUT2D eigenvalue weighted by Gasteiger charge is 2.30. The Morgan fingerprint density at radius 2 is 1.78 bits per heavy atom. The lowest BCUT2D eigenvalue weighted by atomic mass is 10.0. The molecule has 32 heavy (non-hydrogen) atoms. The Balaban J connectivity index is 1.42. The van der Waals surface area contributed by atoms with E-state index in [1.54, 1.807) is 6.20 Å². The number of carbonyl (C=O) groups excluding carboxylic acids is 1. The number of nitrogens with zero attached hydrogens (tertiary/aromatic N) is 3. The number of hydrogen-bond acceptors (Lipinski definition) is 6. The van der Waals surface area contributed by atoms with Crippen LogP contribution in [0.2, 0.25) is 0 Å². The van der Waals surface area contributed by atoms with Gasteiger partial charge in [0.05, 0.1) is 0 Å². The molecule has 1 saturated heterocycles. The Hall–Kier alpha value is -3.19. The highest BCUT2D eigenvalue weighted by molar-refractivity contribution is 6.03. The lowest BCUT2D eigenvalue weighted by Gasteiger charge is -2.29. The molecule has 7 heteroatoms. The molecule has 0 spiro atoms. The topological polar surface area (TPSA) is 79.4 Å². The third-order valence-electron chi connectivity index (χ3n) is 6.34. The second kappa shape index (κ2) is 8.74. The van der Waals surface area contributed by atoms with E-state index in [1.165, 1.54) is 0 Å². The van der Waals surface area contributed by atoms with Crippen LogP contribution in [0.1, 0.15) is 25.7 Å². The first kappa shape index (κ1) is 20.7. The molecule has 1 aliphatic heterocycles. The zero-order valence-corrected chi connectivity index (χ0v) is 18.6. The fraction of sp³-hybridized carbons (Fsp3) is 0.400. The van der Waals surface area contributed by atoms with E-state index < -0.39 is 0 Å². The van der Waals surface area contributed by atoms with E-state index >= 15 is 0 Å². The number of likely N-dealkylation sites (tertiary alicyclic amines) is 1. The van der Waals surface area contributed by atoms with Crippen LogP contribution < -0.4 is 15.4 Å². The first-order valence-corrected chi connectivity index (χ1v) is 11.3. The minimum Gasteiger partial charge on any atom is -0.490 e. The summed E-state index contributed by atoms with van der Waals surface area (Å²) in [6.07, 6.45) is 7.96. The van der Waals surface area contributed by atoms with Crippen LogP contribution in [0.15, 0.2) is 42.7 Å². The minimum absolute atomic E-state index is 0.0525. The molecule has 5 rings (SSSR count). The van der Waals surface area contributed by atoms with Crippen LogP contribution in [0.4, 0.5) is 11.6 Å². The number of rotatable bonds is 6. The third-order valence-corrected chi connectivity index (χ3v) is 6.34. The summed E-state index contributed by atoms with van der Waals surface area (Å²) in [5.41, 5.74) is 2.04. The number of hydrogen-bond donors (Lipinski definition) is 2. The Kier molecular flexibility index (Phi) is 5.66. The number of benzene rings is 1. The van der Waals surface area contributed by atoms with Crippen molar-refractivity contribution in [2.24, 2.45) is 5.92 Å². The number of carbonyl (C=O) groups is 1. The van der Waals surface area contributed by atoms with E-state index in [2.05, 4.69) is 44.7 Å². The summed E-state index contributed by atoms with van der Waals surface area (Å²) in [5.74, 6) is 2.42. The van der Waals surface area contributed by atoms with Gasteiger partial charge in [-0.25, -0.2) is 9.97 Å². The average Bonchev–Trinajstić information content (AvgIpc) is 3.66. The molecule has 7 nitrogen and oxygen atoms in total. The van der Waals surface area contributed by atoms with Crippen molar-refractivity contribution in [2.45, 2.75) is 31.8 Å². The fourth-order valence-electron chi connectivity index (χ4n) is 4.21. The molecule has 2 fully saturated rings. The quantitative estimate of drug-likeness (QED) is 0.610. The van der Waals surface area contributed by atoms with Gasteiger partial charge in [-0.2, -0.15) is 0 Å². The molecule has 2 aliphatic rings. The van der Waals surface area contributed by atoms with Crippen molar-refractivity contribution in [2.75, 3.05) is 37.8 Å². The molecule has 0 radical (unpaired) electrons. The third kappa shape index (κ3) is 4.39. The maximum atomic E-state index is 12.2. The van der Waals surface area contributed by atoms with E-state index in [-0.39, 0.29) is 17.9 Å². The van der Waals surface area contributed by atoms with Crippen molar-refractivity contribution in [1.29, 1.82) is 0 Å². The number of amides is 1. The molecule has 2 N–H and O–H groups in total. The predicted octanol–water partition coefficient (Wildman–Crippen LogP) is 4.16. The monoisotopic (exact) mass is 431 g/mol. The van der Waals surface area contributed by atoms with Gasteiger partial charge in [0.2, 0.25) is 5.91 Å². The standard InChI is InChI=1S/C25H29N5O2/c1-26-24-22-15-27-23(29-25(31)17-3-4-17)13-20(22)21(14-28-24)16-5-7-18(8-6-16)32-19-9-11-30(2)12-10-19/h5-8,13-15,17,19H,3-4,9-12H2,1-2H3,(H,26,28)(H,27,29,31). The number of anilines is 2. The van der Waals surface area contributed by atoms with Gasteiger partial charge in [-0.3, -0.25) is 4.79 Å². The Bertz CT molecular complexity index is 1120. The number of aromatic nitrogens is 2. The van der Waals surface area contributed by atoms with E-state index in [9.17, 15) is 4.79 Å². The highest BCUT2D eigenvalue weighted by atomic mass is 16.5. The van der Waals surface area contributed by atoms with E-state index in [1.807, 2.05) is 31.4 Å². The summed E-state index contributed by atoms with van der Waals surface area (Å²) >= 11 is 0. The van der Waals surface area contributed by atoms with Crippen molar-refractivity contribution in [3.05, 3.63) is 42.7 Å². The molecule has 1 saturated carbocycles. The van der Waals surface area contributed by atoms with Gasteiger partial charge in [0, 0.05) is 49.4 Å². The van der Waals surface area contributed by atoms with Crippen LogP contribution in [0.3, 0.4) is 0 Å². The summed E-state index contributed by atoms with van der Waals surface area (Å²) in [4.78, 5) is 23.6. The zero-order valence-electron chi connectivity index (χ0n) is 18.6. The lowest BCUT2D eigenvalue weighted by molar-refractivity contribution is -0.117. The molecule has 1 aliphatic carbocycles. The molecular weight excluding hydrogens is 402 g/mol. The summed E-state index contributed by atoms with van der Waals surface area (Å²) in [7, 11) is 4.00. The van der Waals surface area contributed by atoms with E-state index in [0.29, 0.717) is 5.82 Å². The Labute approximate surface area is 188 Å². The van der Waals surface area contributed by atoms with Crippen molar-refractivity contribution >= 4 is 28.3 Å². The number of fused-ring (bicyclic) bond motifs is 1. The predicted molar refractivity (Wildman–Crippen MR) is 127 cm³/mol. The van der Waals surface area contributed by atoms with Crippen LogP contribution in [0, 0.1) is 5.92 Å². The molecule has 1 aromatic carbocycles. The van der Waals surface area contributed by atoms with Gasteiger partial charge >= 0.3 is 0 Å². The fourth-order valence-corrected chi connectivity index (χ4v) is 4.21. The first-order valence-electron chi connectivity index (χ1n) is 11.3. The maximum Gasteiger partial charge on any atom is 0.228 e. The van der Waals surface area contributed by atoms with Crippen LogP contribution in [0.25, 0.3) is 21.9 Å². The van der Waals surface area contributed by atoms with Gasteiger partial charge in [-0.15, -0.1) is 0 Å². The summed E-state index contributed by atoms with van der Waals surface area (Å²) in [5, 5.41) is 8.00. The minimum atomic E-state index is 0.0525. The van der Waals surface area contributed by atoms with Gasteiger partial charge in [0.1, 0.15) is 23.5 Å². The largest absolute Gasteiger partial charge is 0.490 e. The van der Waals surface area contributed by atoms with Crippen LogP contribution in [-0.4, -0.2) is 54.1 Å². The van der Waals surface area contributed by atoms with Crippen molar-refractivity contribution < 1.29 is 9.53 Å². The molecule has 166 valence electrons. The average molecular weight is 432 g/mol. The summed E-state index contributed by atoms with van der Waals surface area (Å²) in [6, 6.07) is 10.1. The van der Waals surface area contributed by atoms with Gasteiger partial charge in [-0.1, -0.05) is 12.1 Å². The summed E-state index contributed by atoms with van der Waals surface area (Å²) < 4.78 is 6.20. The number of nitrogens with one attached hydrogen (secondary N) is 2. The van der Waals surface area contributed by atoms with Crippen LogP contribution >= 0.6 is 0 Å². The molecule has 3 aromatic rings. The SMILES string of the molecule is CNc1ncc(-c2ccc(OC3CCN(C)CC3)cc2)c2cc(NC(=O)C3CC3)ncc12. The molecule has 0 unspecified atom stereocenters. The molecule has 0 bridgehead atoms. The first-order chi connectivity index (χ1) is 15.6. The van der Waals surface area contributed by atoms with E-state index in [4.69, 9.17) is 4.74 Å². The smallest absolute Gasteiger partial charge is 0.228 e. The number of pyridine rings is 2. The Morgan fingerprint density at radius 3 is 2.47 bits per heavy atom. The Morgan fingerprint density at radius 1 is 1.03 bits per heavy atom. The maximum absolute atomic E-state index is 12.2.